The van der Waals surface area contributed by atoms with Gasteiger partial charge >= 0.3 is 0 Å². The molecule has 1 fully saturated rings. The molecule has 1 aromatic rings. The molecule has 0 radical (unpaired) electrons. The number of carbonyl (C=O) groups excluding carboxylic acids is 1. The van der Waals surface area contributed by atoms with E-state index in [1.165, 1.54) is 22.5 Å². The number of β-lactam (4-membered cyclic amide) rings is 1. The smallest absolute Gasteiger partial charge is 0.245 e. The van der Waals surface area contributed by atoms with Gasteiger partial charge in [0.15, 0.2) is 0 Å². The van der Waals surface area contributed by atoms with Crippen LogP contribution in [0.25, 0.3) is 0 Å². The molecular formula is C12H14N2O3S. The van der Waals surface area contributed by atoms with Crippen LogP contribution in [0.3, 0.4) is 0 Å². The summed E-state index contributed by atoms with van der Waals surface area (Å²) in [6, 6.07) is 8.15. The topological polar surface area (TPSA) is 66.5 Å². The van der Waals surface area contributed by atoms with Crippen molar-refractivity contribution in [2.75, 3.05) is 6.54 Å². The SMILES string of the molecule is C=CCN([C@@H]1CC(=O)N1)S(=O)(=O)c1ccccc1. The summed E-state index contributed by atoms with van der Waals surface area (Å²) >= 11 is 0. The Balaban J connectivity index is 2.30. The molecule has 6 heteroatoms. The van der Waals surface area contributed by atoms with E-state index in [-0.39, 0.29) is 23.8 Å². The number of nitrogens with zero attached hydrogens (tertiary/aromatic N) is 1. The van der Waals surface area contributed by atoms with Gasteiger partial charge < -0.3 is 5.32 Å². The Morgan fingerprint density at radius 2 is 2.00 bits per heavy atom. The van der Waals surface area contributed by atoms with Gasteiger partial charge in [0.2, 0.25) is 15.9 Å². The van der Waals surface area contributed by atoms with E-state index in [1.807, 2.05) is 0 Å². The first-order valence-electron chi connectivity index (χ1n) is 5.53. The number of rotatable bonds is 5. The molecule has 2 rings (SSSR count). The Morgan fingerprint density at radius 3 is 2.50 bits per heavy atom. The van der Waals surface area contributed by atoms with Gasteiger partial charge in [0.1, 0.15) is 6.17 Å². The summed E-state index contributed by atoms with van der Waals surface area (Å²) in [4.78, 5) is 11.1. The summed E-state index contributed by atoms with van der Waals surface area (Å²) in [5.74, 6) is -0.141. The third-order valence-corrected chi connectivity index (χ3v) is 4.60. The molecule has 1 aromatic carbocycles. The van der Waals surface area contributed by atoms with Gasteiger partial charge in [-0.2, -0.15) is 4.31 Å². The molecule has 1 aliphatic rings. The van der Waals surface area contributed by atoms with E-state index >= 15 is 0 Å². The minimum atomic E-state index is -3.60. The summed E-state index contributed by atoms with van der Waals surface area (Å²) in [5.41, 5.74) is 0. The lowest BCUT2D eigenvalue weighted by atomic mass is 10.2. The second kappa shape index (κ2) is 4.91. The van der Waals surface area contributed by atoms with Gasteiger partial charge in [0.25, 0.3) is 0 Å². The second-order valence-electron chi connectivity index (χ2n) is 3.96. The van der Waals surface area contributed by atoms with Crippen molar-refractivity contribution < 1.29 is 13.2 Å². The highest BCUT2D eigenvalue weighted by Crippen LogP contribution is 2.21. The normalized spacial score (nSPS) is 19.2. The molecule has 0 spiro atoms. The van der Waals surface area contributed by atoms with Gasteiger partial charge in [-0.05, 0) is 12.1 Å². The summed E-state index contributed by atoms with van der Waals surface area (Å²) in [7, 11) is -3.60. The van der Waals surface area contributed by atoms with Crippen molar-refractivity contribution in [2.24, 2.45) is 0 Å². The standard InChI is InChI=1S/C12H14N2O3S/c1-2-8-14(11-9-12(15)13-11)18(16,17)10-6-4-3-5-7-10/h2-7,11H,1,8-9H2,(H,13,15)/t11-/m1/s1. The zero-order valence-electron chi connectivity index (χ0n) is 9.74. The lowest BCUT2D eigenvalue weighted by molar-refractivity contribution is -0.130. The lowest BCUT2D eigenvalue weighted by Gasteiger charge is -2.36. The first-order valence-corrected chi connectivity index (χ1v) is 6.97. The van der Waals surface area contributed by atoms with E-state index < -0.39 is 16.2 Å². The maximum atomic E-state index is 12.4. The van der Waals surface area contributed by atoms with E-state index in [1.54, 1.807) is 18.2 Å². The average molecular weight is 266 g/mol. The number of amides is 1. The molecule has 0 aromatic heterocycles. The van der Waals surface area contributed by atoms with Crippen LogP contribution in [-0.2, 0) is 14.8 Å². The molecule has 0 saturated carbocycles. The number of sulfonamides is 1. The monoisotopic (exact) mass is 266 g/mol. The van der Waals surface area contributed by atoms with Crippen LogP contribution >= 0.6 is 0 Å². The summed E-state index contributed by atoms with van der Waals surface area (Å²) in [5, 5.41) is 2.56. The predicted octanol–water partition coefficient (Wildman–Crippen LogP) is 0.709. The third-order valence-electron chi connectivity index (χ3n) is 2.71. The van der Waals surface area contributed by atoms with Gasteiger partial charge in [-0.15, -0.1) is 6.58 Å². The molecule has 1 atom stereocenters. The summed E-state index contributed by atoms with van der Waals surface area (Å²) < 4.78 is 26.0. The Morgan fingerprint density at radius 1 is 1.39 bits per heavy atom. The maximum Gasteiger partial charge on any atom is 0.245 e. The first-order chi connectivity index (χ1) is 8.55. The highest BCUT2D eigenvalue weighted by atomic mass is 32.2. The van der Waals surface area contributed by atoms with Crippen molar-refractivity contribution in [2.45, 2.75) is 17.5 Å². The molecule has 96 valence electrons. The molecule has 1 amide bonds. The largest absolute Gasteiger partial charge is 0.339 e. The zero-order chi connectivity index (χ0) is 13.2. The number of hydrogen-bond donors (Lipinski definition) is 1. The van der Waals surface area contributed by atoms with Crippen molar-refractivity contribution in [3.05, 3.63) is 43.0 Å². The van der Waals surface area contributed by atoms with Crippen LogP contribution in [-0.4, -0.2) is 31.3 Å². The van der Waals surface area contributed by atoms with E-state index in [2.05, 4.69) is 11.9 Å². The number of hydrogen-bond acceptors (Lipinski definition) is 3. The van der Waals surface area contributed by atoms with E-state index in [4.69, 9.17) is 0 Å². The quantitative estimate of drug-likeness (QED) is 0.630. The average Bonchev–Trinajstić information content (AvgIpc) is 2.33. The van der Waals surface area contributed by atoms with Gasteiger partial charge in [0.05, 0.1) is 11.3 Å². The zero-order valence-corrected chi connectivity index (χ0v) is 10.6. The molecule has 1 aliphatic heterocycles. The van der Waals surface area contributed by atoms with Crippen molar-refractivity contribution in [3.63, 3.8) is 0 Å². The first kappa shape index (κ1) is 12.8. The van der Waals surface area contributed by atoms with Crippen LogP contribution in [0, 0.1) is 0 Å². The summed E-state index contributed by atoms with van der Waals surface area (Å²) in [6.45, 7) is 3.72. The highest BCUT2D eigenvalue weighted by Gasteiger charge is 2.37. The van der Waals surface area contributed by atoms with Crippen molar-refractivity contribution in [1.82, 2.24) is 9.62 Å². The van der Waals surface area contributed by atoms with Crippen molar-refractivity contribution in [3.8, 4) is 0 Å². The molecule has 5 nitrogen and oxygen atoms in total. The van der Waals surface area contributed by atoms with Crippen LogP contribution < -0.4 is 5.32 Å². The number of nitrogens with one attached hydrogen (secondary N) is 1. The summed E-state index contributed by atoms with van der Waals surface area (Å²) in [6.07, 6.45) is 1.23. The molecule has 18 heavy (non-hydrogen) atoms. The van der Waals surface area contributed by atoms with Crippen LogP contribution in [0.2, 0.25) is 0 Å². The van der Waals surface area contributed by atoms with Crippen LogP contribution in [0.15, 0.2) is 47.9 Å². The van der Waals surface area contributed by atoms with Gasteiger partial charge in [-0.1, -0.05) is 24.3 Å². The van der Waals surface area contributed by atoms with Gasteiger partial charge in [-0.3, -0.25) is 4.79 Å². The lowest BCUT2D eigenvalue weighted by Crippen LogP contribution is -2.59. The van der Waals surface area contributed by atoms with Crippen LogP contribution in [0.5, 0.6) is 0 Å². The molecule has 1 heterocycles. The molecular weight excluding hydrogens is 252 g/mol. The van der Waals surface area contributed by atoms with E-state index in [9.17, 15) is 13.2 Å². The predicted molar refractivity (Wildman–Crippen MR) is 67.1 cm³/mol. The Kier molecular flexibility index (Phi) is 3.49. The number of benzene rings is 1. The fourth-order valence-corrected chi connectivity index (χ4v) is 3.30. The molecule has 0 bridgehead atoms. The minimum absolute atomic E-state index is 0.141. The van der Waals surface area contributed by atoms with Crippen LogP contribution in [0.1, 0.15) is 6.42 Å². The Labute approximate surface area is 106 Å². The molecule has 0 unspecified atom stereocenters. The third kappa shape index (κ3) is 2.30. The Bertz CT molecular complexity index is 546. The highest BCUT2D eigenvalue weighted by molar-refractivity contribution is 7.89. The second-order valence-corrected chi connectivity index (χ2v) is 5.85. The van der Waals surface area contributed by atoms with E-state index in [0.29, 0.717) is 0 Å². The fraction of sp³-hybridized carbons (Fsp3) is 0.250. The molecule has 1 N–H and O–H groups in total. The van der Waals surface area contributed by atoms with Gasteiger partial charge in [-0.25, -0.2) is 8.42 Å². The van der Waals surface area contributed by atoms with Gasteiger partial charge in [0, 0.05) is 6.54 Å². The van der Waals surface area contributed by atoms with Crippen molar-refractivity contribution >= 4 is 15.9 Å². The number of carbonyl (C=O) groups is 1. The maximum absolute atomic E-state index is 12.4. The van der Waals surface area contributed by atoms with Crippen LogP contribution in [0.4, 0.5) is 0 Å². The fourth-order valence-electron chi connectivity index (χ4n) is 1.76. The minimum Gasteiger partial charge on any atom is -0.339 e. The van der Waals surface area contributed by atoms with Crippen molar-refractivity contribution in [1.29, 1.82) is 0 Å². The molecule has 1 saturated heterocycles. The Hall–Kier alpha value is -1.66. The molecule has 0 aliphatic carbocycles. The van der Waals surface area contributed by atoms with E-state index in [0.717, 1.165) is 0 Å².